The molecule has 0 unspecified atom stereocenters. The van der Waals surface area contributed by atoms with Crippen LogP contribution in [0, 0.1) is 3.57 Å². The van der Waals surface area contributed by atoms with Crippen molar-refractivity contribution in [1.29, 1.82) is 0 Å². The molecule has 0 radical (unpaired) electrons. The van der Waals surface area contributed by atoms with Crippen LogP contribution in [0.4, 0.5) is 0 Å². The Hall–Kier alpha value is -0.880. The predicted molar refractivity (Wildman–Crippen MR) is 90.7 cm³/mol. The average Bonchev–Trinajstić information content (AvgIpc) is 2.83. The first-order valence-electron chi connectivity index (χ1n) is 6.90. The maximum Gasteiger partial charge on any atom is 0.194 e. The smallest absolute Gasteiger partial charge is 0.194 e. The Labute approximate surface area is 134 Å². The minimum atomic E-state index is 0.170. The van der Waals surface area contributed by atoms with Gasteiger partial charge in [-0.05, 0) is 68.5 Å². The molecule has 108 valence electrons. The van der Waals surface area contributed by atoms with Gasteiger partial charge in [0, 0.05) is 21.1 Å². The summed E-state index contributed by atoms with van der Waals surface area (Å²) in [5, 5.41) is 3.47. The summed E-state index contributed by atoms with van der Waals surface area (Å²) in [5.41, 5.74) is 1.25. The van der Waals surface area contributed by atoms with E-state index in [0.717, 1.165) is 36.6 Å². The third-order valence-corrected chi connectivity index (χ3v) is 3.62. The lowest BCUT2D eigenvalue weighted by molar-refractivity contribution is 0.412. The Balaban J connectivity index is 1.88. The summed E-state index contributed by atoms with van der Waals surface area (Å²) in [6.45, 7) is 7.50. The lowest BCUT2D eigenvalue weighted by Crippen LogP contribution is -2.36. The number of nitrogens with zero attached hydrogens (tertiary/aromatic N) is 1. The van der Waals surface area contributed by atoms with Crippen LogP contribution in [0.3, 0.4) is 0 Å². The van der Waals surface area contributed by atoms with Crippen molar-refractivity contribution in [2.24, 2.45) is 0 Å². The number of aromatic nitrogens is 1. The molecule has 0 aliphatic carbocycles. The molecule has 1 aromatic heterocycles. The Morgan fingerprint density at radius 3 is 2.55 bits per heavy atom. The molecule has 2 rings (SSSR count). The number of hydrogen-bond acceptors (Lipinski definition) is 3. The molecule has 2 aromatic rings. The molecular weight excluding hydrogens is 363 g/mol. The number of aryl methyl sites for hydroxylation is 1. The van der Waals surface area contributed by atoms with Gasteiger partial charge in [0.2, 0.25) is 0 Å². The fraction of sp³-hybridized carbons (Fsp3) is 0.438. The van der Waals surface area contributed by atoms with Crippen LogP contribution in [0.25, 0.3) is 11.3 Å². The lowest BCUT2D eigenvalue weighted by Gasteiger charge is -2.19. The van der Waals surface area contributed by atoms with Gasteiger partial charge in [0.15, 0.2) is 11.7 Å². The van der Waals surface area contributed by atoms with Crippen molar-refractivity contribution in [1.82, 2.24) is 10.3 Å². The summed E-state index contributed by atoms with van der Waals surface area (Å²) in [4.78, 5) is 4.35. The summed E-state index contributed by atoms with van der Waals surface area (Å²) in [6.07, 6.45) is 3.71. The van der Waals surface area contributed by atoms with Crippen LogP contribution in [0.5, 0.6) is 0 Å². The van der Waals surface area contributed by atoms with E-state index in [1.54, 1.807) is 0 Å². The van der Waals surface area contributed by atoms with Crippen LogP contribution in [0.2, 0.25) is 0 Å². The molecule has 0 saturated heterocycles. The molecule has 0 saturated carbocycles. The first kappa shape index (κ1) is 15.5. The van der Waals surface area contributed by atoms with Crippen LogP contribution in [-0.4, -0.2) is 17.1 Å². The van der Waals surface area contributed by atoms with Crippen molar-refractivity contribution in [2.45, 2.75) is 39.2 Å². The van der Waals surface area contributed by atoms with Crippen molar-refractivity contribution < 1.29 is 4.42 Å². The molecule has 1 N–H and O–H groups in total. The third-order valence-electron chi connectivity index (χ3n) is 2.91. The quantitative estimate of drug-likeness (QED) is 0.618. The van der Waals surface area contributed by atoms with Gasteiger partial charge in [-0.1, -0.05) is 12.1 Å². The summed E-state index contributed by atoms with van der Waals surface area (Å²) < 4.78 is 7.02. The van der Waals surface area contributed by atoms with E-state index in [0.29, 0.717) is 0 Å². The largest absolute Gasteiger partial charge is 0.441 e. The van der Waals surface area contributed by atoms with E-state index >= 15 is 0 Å². The number of halogens is 1. The van der Waals surface area contributed by atoms with E-state index in [9.17, 15) is 0 Å². The number of rotatable bonds is 5. The normalized spacial score (nSPS) is 11.8. The number of oxazole rings is 1. The van der Waals surface area contributed by atoms with Crippen LogP contribution < -0.4 is 5.32 Å². The summed E-state index contributed by atoms with van der Waals surface area (Å²) >= 11 is 2.30. The van der Waals surface area contributed by atoms with Crippen molar-refractivity contribution in [2.75, 3.05) is 6.54 Å². The molecule has 3 nitrogen and oxygen atoms in total. The highest BCUT2D eigenvalue weighted by Gasteiger charge is 2.09. The molecule has 0 spiro atoms. The zero-order valence-electron chi connectivity index (χ0n) is 12.2. The Morgan fingerprint density at radius 2 is 1.90 bits per heavy atom. The van der Waals surface area contributed by atoms with E-state index in [2.05, 4.69) is 77.9 Å². The van der Waals surface area contributed by atoms with E-state index in [4.69, 9.17) is 4.42 Å². The lowest BCUT2D eigenvalue weighted by atomic mass is 10.1. The van der Waals surface area contributed by atoms with Crippen LogP contribution in [0.15, 0.2) is 34.9 Å². The van der Waals surface area contributed by atoms with Gasteiger partial charge in [-0.15, -0.1) is 0 Å². The Morgan fingerprint density at radius 1 is 1.20 bits per heavy atom. The van der Waals surface area contributed by atoms with E-state index in [-0.39, 0.29) is 5.54 Å². The topological polar surface area (TPSA) is 38.1 Å². The highest BCUT2D eigenvalue weighted by molar-refractivity contribution is 14.1. The van der Waals surface area contributed by atoms with Gasteiger partial charge in [0.05, 0.1) is 6.20 Å². The molecule has 1 heterocycles. The molecule has 0 aliphatic heterocycles. The fourth-order valence-corrected chi connectivity index (χ4v) is 2.24. The molecule has 1 aromatic carbocycles. The molecule has 0 amide bonds. The van der Waals surface area contributed by atoms with Gasteiger partial charge < -0.3 is 9.73 Å². The summed E-state index contributed by atoms with van der Waals surface area (Å²) in [6, 6.07) is 8.27. The number of hydrogen-bond donors (Lipinski definition) is 1. The van der Waals surface area contributed by atoms with Crippen molar-refractivity contribution in [3.8, 4) is 11.3 Å². The van der Waals surface area contributed by atoms with E-state index in [1.807, 2.05) is 6.20 Å². The van der Waals surface area contributed by atoms with Crippen LogP contribution >= 0.6 is 22.6 Å². The van der Waals surface area contributed by atoms with E-state index < -0.39 is 0 Å². The van der Waals surface area contributed by atoms with Crippen LogP contribution in [0.1, 0.15) is 33.1 Å². The fourth-order valence-electron chi connectivity index (χ4n) is 1.88. The highest BCUT2D eigenvalue weighted by atomic mass is 127. The Kier molecular flexibility index (Phi) is 5.21. The molecule has 0 fully saturated rings. The highest BCUT2D eigenvalue weighted by Crippen LogP contribution is 2.21. The van der Waals surface area contributed by atoms with E-state index in [1.165, 1.54) is 3.57 Å². The zero-order valence-corrected chi connectivity index (χ0v) is 14.4. The molecule has 0 atom stereocenters. The number of nitrogens with one attached hydrogen (secondary N) is 1. The van der Waals surface area contributed by atoms with Gasteiger partial charge in [-0.3, -0.25) is 0 Å². The summed E-state index contributed by atoms with van der Waals surface area (Å²) in [5.74, 6) is 1.66. The zero-order chi connectivity index (χ0) is 14.6. The second kappa shape index (κ2) is 6.72. The molecule has 4 heteroatoms. The van der Waals surface area contributed by atoms with Gasteiger partial charge in [-0.2, -0.15) is 0 Å². The first-order valence-corrected chi connectivity index (χ1v) is 7.97. The maximum absolute atomic E-state index is 5.80. The maximum atomic E-state index is 5.80. The van der Waals surface area contributed by atoms with Gasteiger partial charge in [0.1, 0.15) is 0 Å². The minimum Gasteiger partial charge on any atom is -0.441 e. The molecular formula is C16H21IN2O. The van der Waals surface area contributed by atoms with Crippen molar-refractivity contribution in [3.63, 3.8) is 0 Å². The van der Waals surface area contributed by atoms with Crippen LogP contribution in [-0.2, 0) is 6.42 Å². The van der Waals surface area contributed by atoms with Crippen molar-refractivity contribution >= 4 is 22.6 Å². The van der Waals surface area contributed by atoms with Gasteiger partial charge in [0.25, 0.3) is 0 Å². The standard InChI is InChI=1S/C16H21IN2O/c1-16(2,3)19-10-4-5-15-18-11-14(20-15)12-6-8-13(17)9-7-12/h6-9,11,19H,4-5,10H2,1-3H3. The predicted octanol–water partition coefficient (Wildman–Crippen LogP) is 4.27. The Bertz CT molecular complexity index is 540. The molecule has 20 heavy (non-hydrogen) atoms. The summed E-state index contributed by atoms with van der Waals surface area (Å²) in [7, 11) is 0. The molecule has 0 bridgehead atoms. The SMILES string of the molecule is CC(C)(C)NCCCc1ncc(-c2ccc(I)cc2)o1. The second-order valence-electron chi connectivity index (χ2n) is 5.91. The first-order chi connectivity index (χ1) is 9.44. The van der Waals surface area contributed by atoms with Crippen molar-refractivity contribution in [3.05, 3.63) is 39.9 Å². The molecule has 0 aliphatic rings. The second-order valence-corrected chi connectivity index (χ2v) is 7.15. The monoisotopic (exact) mass is 384 g/mol. The minimum absolute atomic E-state index is 0.170. The van der Waals surface area contributed by atoms with Gasteiger partial charge >= 0.3 is 0 Å². The third kappa shape index (κ3) is 4.90. The number of benzene rings is 1. The van der Waals surface area contributed by atoms with Gasteiger partial charge in [-0.25, -0.2) is 4.98 Å². The average molecular weight is 384 g/mol.